The van der Waals surface area contributed by atoms with Crippen LogP contribution in [0.15, 0.2) is 16.6 Å². The van der Waals surface area contributed by atoms with Crippen LogP contribution >= 0.6 is 15.9 Å². The predicted octanol–water partition coefficient (Wildman–Crippen LogP) is 3.93. The van der Waals surface area contributed by atoms with Crippen LogP contribution in [0, 0.1) is 15.9 Å². The van der Waals surface area contributed by atoms with Crippen LogP contribution in [0.3, 0.4) is 0 Å². The summed E-state index contributed by atoms with van der Waals surface area (Å²) in [5.74, 6) is -0.812. The summed E-state index contributed by atoms with van der Waals surface area (Å²) in [6.07, 6.45) is 0.855. The highest BCUT2D eigenvalue weighted by Gasteiger charge is 2.46. The molecule has 1 aliphatic rings. The fraction of sp³-hybridized carbons (Fsp3) is 0.533. The molecule has 1 aliphatic carbocycles. The summed E-state index contributed by atoms with van der Waals surface area (Å²) in [7, 11) is 0. The van der Waals surface area contributed by atoms with Gasteiger partial charge in [0.25, 0.3) is 0 Å². The first-order chi connectivity index (χ1) is 11.0. The number of alkyl carbamates (subject to hydrolysis) is 1. The van der Waals surface area contributed by atoms with Gasteiger partial charge < -0.3 is 14.8 Å². The second-order valence-corrected chi connectivity index (χ2v) is 7.54. The Morgan fingerprint density at radius 3 is 2.58 bits per heavy atom. The molecule has 0 heterocycles. The third-order valence-corrected chi connectivity index (χ3v) is 3.94. The zero-order valence-corrected chi connectivity index (χ0v) is 15.1. The van der Waals surface area contributed by atoms with E-state index in [4.69, 9.17) is 9.47 Å². The number of halogens is 2. The van der Waals surface area contributed by atoms with Gasteiger partial charge in [0.05, 0.1) is 21.0 Å². The number of carbonyl (C=O) groups is 1. The van der Waals surface area contributed by atoms with Gasteiger partial charge >= 0.3 is 11.8 Å². The third-order valence-electron chi connectivity index (χ3n) is 3.32. The van der Waals surface area contributed by atoms with Crippen LogP contribution in [0.5, 0.6) is 5.75 Å². The largest absolute Gasteiger partial charge is 0.490 e. The molecule has 1 amide bonds. The molecule has 1 fully saturated rings. The van der Waals surface area contributed by atoms with E-state index in [2.05, 4.69) is 21.2 Å². The molecular weight excluding hydrogens is 387 g/mol. The number of hydrogen-bond acceptors (Lipinski definition) is 5. The molecule has 0 bridgehead atoms. The Labute approximate surface area is 146 Å². The molecule has 1 N–H and O–H groups in total. The third kappa shape index (κ3) is 4.80. The van der Waals surface area contributed by atoms with Gasteiger partial charge in [-0.2, -0.15) is 4.39 Å². The van der Waals surface area contributed by atoms with Crippen molar-refractivity contribution in [3.63, 3.8) is 0 Å². The summed E-state index contributed by atoms with van der Waals surface area (Å²) in [4.78, 5) is 21.8. The first-order valence-corrected chi connectivity index (χ1v) is 8.08. The lowest BCUT2D eigenvalue weighted by atomic mass is 10.2. The van der Waals surface area contributed by atoms with Crippen LogP contribution in [0.4, 0.5) is 14.9 Å². The van der Waals surface area contributed by atoms with Crippen molar-refractivity contribution >= 4 is 27.7 Å². The standard InChI is InChI=1S/C15H18BrFN2O5/c1-14(2,3)24-13(20)18-15(4-5-15)8-23-12-7-11(19(21)22)10(17)6-9(12)16/h6-7H,4-5,8H2,1-3H3,(H,18,20). The molecule has 7 nitrogen and oxygen atoms in total. The molecule has 9 heteroatoms. The van der Waals surface area contributed by atoms with E-state index < -0.39 is 33.7 Å². The number of nitro groups is 1. The molecule has 0 unspecified atom stereocenters. The fourth-order valence-electron chi connectivity index (χ4n) is 1.96. The smallest absolute Gasteiger partial charge is 0.408 e. The summed E-state index contributed by atoms with van der Waals surface area (Å²) in [6.45, 7) is 5.39. The van der Waals surface area contributed by atoms with Gasteiger partial charge in [-0.1, -0.05) is 0 Å². The van der Waals surface area contributed by atoms with E-state index in [-0.39, 0.29) is 16.8 Å². The average molecular weight is 405 g/mol. The highest BCUT2D eigenvalue weighted by Crippen LogP contribution is 2.38. The number of rotatable bonds is 5. The Hall–Kier alpha value is -1.90. The Balaban J connectivity index is 2.02. The normalized spacial score (nSPS) is 15.5. The van der Waals surface area contributed by atoms with Crippen molar-refractivity contribution in [2.24, 2.45) is 0 Å². The van der Waals surface area contributed by atoms with Crippen LogP contribution in [-0.2, 0) is 4.74 Å². The van der Waals surface area contributed by atoms with Crippen molar-refractivity contribution < 1.29 is 23.6 Å². The van der Waals surface area contributed by atoms with Crippen molar-refractivity contribution in [1.29, 1.82) is 0 Å². The van der Waals surface area contributed by atoms with Crippen LogP contribution < -0.4 is 10.1 Å². The monoisotopic (exact) mass is 404 g/mol. The molecule has 0 radical (unpaired) electrons. The van der Waals surface area contributed by atoms with Crippen LogP contribution in [0.1, 0.15) is 33.6 Å². The molecular formula is C15H18BrFN2O5. The number of nitro benzene ring substituents is 1. The van der Waals surface area contributed by atoms with Gasteiger partial charge in [-0.25, -0.2) is 4.79 Å². The second-order valence-electron chi connectivity index (χ2n) is 6.69. The average Bonchev–Trinajstić information content (AvgIpc) is 3.14. The van der Waals surface area contributed by atoms with E-state index in [1.165, 1.54) is 0 Å². The quantitative estimate of drug-likeness (QED) is 0.592. The van der Waals surface area contributed by atoms with E-state index in [0.717, 1.165) is 12.1 Å². The topological polar surface area (TPSA) is 90.7 Å². The van der Waals surface area contributed by atoms with Gasteiger partial charge in [-0.05, 0) is 55.6 Å². The Kier molecular flexibility index (Phi) is 5.03. The second kappa shape index (κ2) is 6.54. The minimum atomic E-state index is -0.952. The maximum absolute atomic E-state index is 13.5. The lowest BCUT2D eigenvalue weighted by Gasteiger charge is -2.23. The van der Waals surface area contributed by atoms with Crippen molar-refractivity contribution in [3.8, 4) is 5.75 Å². The van der Waals surface area contributed by atoms with Gasteiger partial charge in [0.1, 0.15) is 18.0 Å². The SMILES string of the molecule is CC(C)(C)OC(=O)NC1(COc2cc([N+](=O)[O-])c(F)cc2Br)CC1. The lowest BCUT2D eigenvalue weighted by Crippen LogP contribution is -2.44. The van der Waals surface area contributed by atoms with Crippen molar-refractivity contribution in [3.05, 3.63) is 32.5 Å². The summed E-state index contributed by atoms with van der Waals surface area (Å²) in [5.41, 5.74) is -1.84. The molecule has 1 aromatic carbocycles. The maximum atomic E-state index is 13.5. The summed E-state index contributed by atoms with van der Waals surface area (Å²) in [6, 6.07) is 2.00. The number of carbonyl (C=O) groups excluding carboxylic acids is 1. The van der Waals surface area contributed by atoms with Crippen LogP contribution in [-0.4, -0.2) is 28.8 Å². The Bertz CT molecular complexity index is 671. The maximum Gasteiger partial charge on any atom is 0.408 e. The molecule has 0 aliphatic heterocycles. The first kappa shape index (κ1) is 18.4. The number of ether oxygens (including phenoxy) is 2. The lowest BCUT2D eigenvalue weighted by molar-refractivity contribution is -0.387. The molecule has 0 aromatic heterocycles. The molecule has 0 spiro atoms. The minimum Gasteiger partial charge on any atom is -0.490 e. The number of nitrogens with zero attached hydrogens (tertiary/aromatic N) is 1. The van der Waals surface area contributed by atoms with Gasteiger partial charge in [0.2, 0.25) is 5.82 Å². The van der Waals surface area contributed by atoms with Gasteiger partial charge in [0.15, 0.2) is 0 Å². The van der Waals surface area contributed by atoms with E-state index in [1.54, 1.807) is 20.8 Å². The van der Waals surface area contributed by atoms with Crippen molar-refractivity contribution in [2.75, 3.05) is 6.61 Å². The predicted molar refractivity (Wildman–Crippen MR) is 87.6 cm³/mol. The van der Waals surface area contributed by atoms with E-state index >= 15 is 0 Å². The zero-order valence-electron chi connectivity index (χ0n) is 13.5. The molecule has 132 valence electrons. The molecule has 2 rings (SSSR count). The van der Waals surface area contributed by atoms with Crippen molar-refractivity contribution in [2.45, 2.75) is 44.8 Å². The Morgan fingerprint density at radius 2 is 2.08 bits per heavy atom. The zero-order chi connectivity index (χ0) is 18.1. The summed E-state index contributed by atoms with van der Waals surface area (Å²) in [5, 5.41) is 13.6. The Morgan fingerprint density at radius 1 is 1.46 bits per heavy atom. The molecule has 1 aromatic rings. The first-order valence-electron chi connectivity index (χ1n) is 7.29. The molecule has 1 saturated carbocycles. The highest BCUT2D eigenvalue weighted by molar-refractivity contribution is 9.10. The van der Waals surface area contributed by atoms with Crippen molar-refractivity contribution in [1.82, 2.24) is 5.32 Å². The van der Waals surface area contributed by atoms with E-state index in [0.29, 0.717) is 12.8 Å². The summed E-state index contributed by atoms with van der Waals surface area (Å²) >= 11 is 3.11. The van der Waals surface area contributed by atoms with Gasteiger partial charge in [-0.3, -0.25) is 10.1 Å². The number of benzene rings is 1. The van der Waals surface area contributed by atoms with E-state index in [9.17, 15) is 19.3 Å². The van der Waals surface area contributed by atoms with Gasteiger partial charge in [-0.15, -0.1) is 0 Å². The molecule has 0 atom stereocenters. The van der Waals surface area contributed by atoms with E-state index in [1.807, 2.05) is 0 Å². The minimum absolute atomic E-state index is 0.105. The number of nitrogens with one attached hydrogen (secondary N) is 1. The number of amides is 1. The molecule has 0 saturated heterocycles. The molecule has 24 heavy (non-hydrogen) atoms. The van der Waals surface area contributed by atoms with Crippen LogP contribution in [0.25, 0.3) is 0 Å². The fourth-order valence-corrected chi connectivity index (χ4v) is 2.39. The van der Waals surface area contributed by atoms with Gasteiger partial charge in [0, 0.05) is 0 Å². The number of hydrogen-bond donors (Lipinski definition) is 1. The highest BCUT2D eigenvalue weighted by atomic mass is 79.9. The van der Waals surface area contributed by atoms with Crippen LogP contribution in [0.2, 0.25) is 0 Å². The summed E-state index contributed by atoms with van der Waals surface area (Å²) < 4.78 is 24.5.